The summed E-state index contributed by atoms with van der Waals surface area (Å²) < 4.78 is 29.4. The first-order valence-electron chi connectivity index (χ1n) is 8.82. The van der Waals surface area contributed by atoms with Gasteiger partial charge in [-0.1, -0.05) is 17.6 Å². The normalized spacial score (nSPS) is 18.6. The zero-order valence-electron chi connectivity index (χ0n) is 15.1. The minimum atomic E-state index is -1.61. The van der Waals surface area contributed by atoms with Crippen LogP contribution < -0.4 is 0 Å². The molecule has 1 saturated heterocycles. The van der Waals surface area contributed by atoms with Crippen molar-refractivity contribution in [2.75, 3.05) is 13.1 Å². The summed E-state index contributed by atoms with van der Waals surface area (Å²) in [6.07, 6.45) is 11.5. The van der Waals surface area contributed by atoms with Crippen LogP contribution in [0.5, 0.6) is 0 Å². The van der Waals surface area contributed by atoms with E-state index in [9.17, 15) is 13.9 Å². The summed E-state index contributed by atoms with van der Waals surface area (Å²) in [7, 11) is 0. The Morgan fingerprint density at radius 2 is 2.11 bits per heavy atom. The van der Waals surface area contributed by atoms with Gasteiger partial charge in [0.25, 0.3) is 0 Å². The zero-order valence-corrected chi connectivity index (χ0v) is 15.1. The third-order valence-electron chi connectivity index (χ3n) is 5.23. The number of aromatic nitrogens is 3. The zero-order chi connectivity index (χ0) is 19.4. The Hall–Kier alpha value is -2.56. The van der Waals surface area contributed by atoms with E-state index in [1.165, 1.54) is 29.0 Å². The summed E-state index contributed by atoms with van der Waals surface area (Å²) in [5.41, 5.74) is -0.385. The first kappa shape index (κ1) is 19.2. The Bertz CT molecular complexity index is 849. The summed E-state index contributed by atoms with van der Waals surface area (Å²) in [4.78, 5) is 5.98. The van der Waals surface area contributed by atoms with Crippen LogP contribution in [0.15, 0.2) is 42.5 Å². The van der Waals surface area contributed by atoms with Gasteiger partial charge < -0.3 is 5.11 Å². The Morgan fingerprint density at radius 3 is 2.70 bits per heavy atom. The maximum absolute atomic E-state index is 14.6. The second-order valence-corrected chi connectivity index (χ2v) is 6.82. The van der Waals surface area contributed by atoms with Gasteiger partial charge in [0.05, 0.1) is 6.54 Å². The molecule has 1 aromatic carbocycles. The van der Waals surface area contributed by atoms with Crippen molar-refractivity contribution in [3.63, 3.8) is 0 Å². The van der Waals surface area contributed by atoms with Gasteiger partial charge in [-0.15, -0.1) is 6.42 Å². The molecule has 0 amide bonds. The molecule has 0 aliphatic carbocycles. The van der Waals surface area contributed by atoms with Crippen molar-refractivity contribution >= 4 is 0 Å². The van der Waals surface area contributed by atoms with E-state index in [2.05, 4.69) is 20.9 Å². The Morgan fingerprint density at radius 1 is 1.37 bits per heavy atom. The minimum absolute atomic E-state index is 0.000269. The Labute approximate surface area is 157 Å². The van der Waals surface area contributed by atoms with Gasteiger partial charge in [0.1, 0.15) is 29.9 Å². The number of allylic oxidation sites excluding steroid dienone is 1. The molecule has 2 aromatic rings. The van der Waals surface area contributed by atoms with Crippen LogP contribution >= 0.6 is 0 Å². The Balaban J connectivity index is 1.92. The van der Waals surface area contributed by atoms with Gasteiger partial charge in [-0.25, -0.2) is 18.4 Å². The van der Waals surface area contributed by atoms with E-state index < -0.39 is 23.3 Å². The van der Waals surface area contributed by atoms with E-state index in [4.69, 9.17) is 6.42 Å². The van der Waals surface area contributed by atoms with Gasteiger partial charge in [-0.2, -0.15) is 5.10 Å². The van der Waals surface area contributed by atoms with E-state index in [0.717, 1.165) is 25.0 Å². The van der Waals surface area contributed by atoms with Crippen molar-refractivity contribution in [3.8, 4) is 12.3 Å². The summed E-state index contributed by atoms with van der Waals surface area (Å²) in [5.74, 6) is 1.08. The molecule has 1 aliphatic rings. The molecule has 0 saturated carbocycles. The van der Waals surface area contributed by atoms with Crippen LogP contribution in [0.1, 0.15) is 25.3 Å². The molecule has 0 bridgehead atoms. The quantitative estimate of drug-likeness (QED) is 0.820. The highest BCUT2D eigenvalue weighted by Crippen LogP contribution is 2.34. The lowest BCUT2D eigenvalue weighted by molar-refractivity contribution is -0.0657. The van der Waals surface area contributed by atoms with Crippen LogP contribution in [-0.2, 0) is 12.1 Å². The van der Waals surface area contributed by atoms with Gasteiger partial charge >= 0.3 is 0 Å². The van der Waals surface area contributed by atoms with E-state index in [1.54, 1.807) is 6.08 Å². The highest BCUT2D eigenvalue weighted by molar-refractivity contribution is 5.27. The molecule has 1 aromatic heterocycles. The van der Waals surface area contributed by atoms with Gasteiger partial charge in [0, 0.05) is 30.8 Å². The summed E-state index contributed by atoms with van der Waals surface area (Å²) >= 11 is 0. The molecular formula is C20H22F2N4O. The highest BCUT2D eigenvalue weighted by Gasteiger charge is 2.42. The van der Waals surface area contributed by atoms with E-state index in [1.807, 2.05) is 6.92 Å². The monoisotopic (exact) mass is 372 g/mol. The number of benzene rings is 1. The van der Waals surface area contributed by atoms with Gasteiger partial charge in [0.2, 0.25) is 0 Å². The number of terminal acetylenes is 1. The van der Waals surface area contributed by atoms with E-state index >= 15 is 0 Å². The number of halogens is 2. The SMILES string of the molecule is C#CC=C1CCN(C(C)C(O)(Cn2cncn2)c2ccc(F)cc2F)CC1. The number of hydrogen-bond acceptors (Lipinski definition) is 4. The smallest absolute Gasteiger partial charge is 0.137 e. The van der Waals surface area contributed by atoms with Crippen LogP contribution in [-0.4, -0.2) is 43.9 Å². The summed E-state index contributed by atoms with van der Waals surface area (Å²) in [6, 6.07) is 2.81. The fourth-order valence-corrected chi connectivity index (χ4v) is 3.61. The minimum Gasteiger partial charge on any atom is -0.381 e. The van der Waals surface area contributed by atoms with Crippen LogP contribution in [0, 0.1) is 24.0 Å². The van der Waals surface area contributed by atoms with Crippen molar-refractivity contribution in [1.82, 2.24) is 19.7 Å². The van der Waals surface area contributed by atoms with Crippen LogP contribution in [0.3, 0.4) is 0 Å². The first-order chi connectivity index (χ1) is 12.9. The molecule has 2 heterocycles. The lowest BCUT2D eigenvalue weighted by Gasteiger charge is -2.43. The van der Waals surface area contributed by atoms with Crippen molar-refractivity contribution in [1.29, 1.82) is 0 Å². The predicted molar refractivity (Wildman–Crippen MR) is 97.5 cm³/mol. The number of piperidine rings is 1. The van der Waals surface area contributed by atoms with E-state index in [0.29, 0.717) is 13.1 Å². The molecule has 0 spiro atoms. The lowest BCUT2D eigenvalue weighted by Crippen LogP contribution is -2.53. The molecular weight excluding hydrogens is 350 g/mol. The standard InChI is InChI=1S/C20H22F2N4O/c1-3-4-16-7-9-25(10-8-16)15(2)20(27,12-26-14-23-13-24-26)18-6-5-17(21)11-19(18)22/h1,4-6,11,13-15,27H,7-10,12H2,2H3. The molecule has 7 heteroatoms. The topological polar surface area (TPSA) is 54.2 Å². The maximum Gasteiger partial charge on any atom is 0.137 e. The summed E-state index contributed by atoms with van der Waals surface area (Å²) in [5, 5.41) is 15.6. The molecule has 2 atom stereocenters. The molecule has 0 radical (unpaired) electrons. The number of hydrogen-bond donors (Lipinski definition) is 1. The Kier molecular flexibility index (Phi) is 5.68. The number of rotatable bonds is 5. The maximum atomic E-state index is 14.6. The lowest BCUT2D eigenvalue weighted by atomic mass is 9.84. The second-order valence-electron chi connectivity index (χ2n) is 6.82. The van der Waals surface area contributed by atoms with Crippen molar-refractivity contribution in [2.45, 2.75) is 38.0 Å². The van der Waals surface area contributed by atoms with Crippen LogP contribution in [0.25, 0.3) is 0 Å². The second kappa shape index (κ2) is 7.99. The average molecular weight is 372 g/mol. The highest BCUT2D eigenvalue weighted by atomic mass is 19.1. The molecule has 142 valence electrons. The average Bonchev–Trinajstić information content (AvgIpc) is 3.14. The van der Waals surface area contributed by atoms with Crippen molar-refractivity contribution in [2.24, 2.45) is 0 Å². The molecule has 1 N–H and O–H groups in total. The molecule has 3 rings (SSSR count). The largest absolute Gasteiger partial charge is 0.381 e. The van der Waals surface area contributed by atoms with Gasteiger partial charge in [0.15, 0.2) is 0 Å². The van der Waals surface area contributed by atoms with Crippen LogP contribution in [0.2, 0.25) is 0 Å². The third-order valence-corrected chi connectivity index (χ3v) is 5.23. The molecule has 1 fully saturated rings. The predicted octanol–water partition coefficient (Wildman–Crippen LogP) is 2.49. The van der Waals surface area contributed by atoms with Gasteiger partial charge in [-0.3, -0.25) is 4.90 Å². The first-order valence-corrected chi connectivity index (χ1v) is 8.82. The molecule has 5 nitrogen and oxygen atoms in total. The van der Waals surface area contributed by atoms with Gasteiger partial charge in [-0.05, 0) is 31.9 Å². The fourth-order valence-electron chi connectivity index (χ4n) is 3.61. The number of likely N-dealkylation sites (tertiary alicyclic amines) is 1. The molecule has 1 aliphatic heterocycles. The van der Waals surface area contributed by atoms with Crippen molar-refractivity contribution in [3.05, 3.63) is 59.7 Å². The molecule has 2 unspecified atom stereocenters. The summed E-state index contributed by atoms with van der Waals surface area (Å²) in [6.45, 7) is 3.23. The number of aliphatic hydroxyl groups is 1. The fraction of sp³-hybridized carbons (Fsp3) is 0.400. The number of nitrogens with zero attached hydrogens (tertiary/aromatic N) is 4. The van der Waals surface area contributed by atoms with Crippen LogP contribution in [0.4, 0.5) is 8.78 Å². The van der Waals surface area contributed by atoms with Crippen molar-refractivity contribution < 1.29 is 13.9 Å². The third kappa shape index (κ3) is 4.07. The van der Waals surface area contributed by atoms with E-state index in [-0.39, 0.29) is 12.1 Å². The molecule has 27 heavy (non-hydrogen) atoms.